The second-order valence-corrected chi connectivity index (χ2v) is 6.68. The largest absolute Gasteiger partial charge is 0.369 e. The van der Waals surface area contributed by atoms with Crippen LogP contribution in [-0.2, 0) is 17.1 Å². The highest BCUT2D eigenvalue weighted by atomic mass is 32.2. The first kappa shape index (κ1) is 15.5. The van der Waals surface area contributed by atoms with Crippen LogP contribution >= 0.6 is 0 Å². The van der Waals surface area contributed by atoms with E-state index in [0.29, 0.717) is 18.7 Å². The molecule has 2 aromatic heterocycles. The van der Waals surface area contributed by atoms with Crippen molar-refractivity contribution in [3.63, 3.8) is 0 Å². The third-order valence-corrected chi connectivity index (χ3v) is 5.19. The second kappa shape index (κ2) is 6.23. The molecule has 0 aliphatic rings. The van der Waals surface area contributed by atoms with Crippen molar-refractivity contribution in [2.75, 3.05) is 25.5 Å². The van der Waals surface area contributed by atoms with Gasteiger partial charge in [-0.3, -0.25) is 4.68 Å². The first-order valence-electron chi connectivity index (χ1n) is 6.53. The van der Waals surface area contributed by atoms with Crippen LogP contribution < -0.4 is 5.32 Å². The lowest BCUT2D eigenvalue weighted by Crippen LogP contribution is -2.33. The standard InChI is InChI=1S/C13H19N5O2S/c1-11-10-16-18(3)13(11)21(19,20)17(2)9-8-15-12-6-4-5-7-14-12/h4-7,10H,8-9H2,1-3H3,(H,14,15). The monoisotopic (exact) mass is 309 g/mol. The van der Waals surface area contributed by atoms with Crippen molar-refractivity contribution in [1.82, 2.24) is 19.1 Å². The van der Waals surface area contributed by atoms with E-state index in [1.54, 1.807) is 33.4 Å². The Labute approximate surface area is 124 Å². The number of sulfonamides is 1. The molecule has 2 aromatic rings. The fourth-order valence-electron chi connectivity index (χ4n) is 1.98. The van der Waals surface area contributed by atoms with Crippen LogP contribution in [-0.4, -0.2) is 47.6 Å². The van der Waals surface area contributed by atoms with Crippen molar-refractivity contribution in [3.05, 3.63) is 36.2 Å². The predicted molar refractivity (Wildman–Crippen MR) is 80.5 cm³/mol. The highest BCUT2D eigenvalue weighted by Crippen LogP contribution is 2.17. The SMILES string of the molecule is Cc1cnn(C)c1S(=O)(=O)N(C)CCNc1ccccn1. The van der Waals surface area contributed by atoms with Gasteiger partial charge in [0.1, 0.15) is 5.82 Å². The highest BCUT2D eigenvalue weighted by Gasteiger charge is 2.26. The highest BCUT2D eigenvalue weighted by molar-refractivity contribution is 7.89. The third kappa shape index (κ3) is 3.40. The molecule has 2 heterocycles. The number of aromatic nitrogens is 3. The van der Waals surface area contributed by atoms with E-state index in [-0.39, 0.29) is 5.03 Å². The molecule has 0 radical (unpaired) electrons. The molecular formula is C13H19N5O2S. The molecule has 2 rings (SSSR count). The van der Waals surface area contributed by atoms with Gasteiger partial charge in [0.2, 0.25) is 0 Å². The van der Waals surface area contributed by atoms with Crippen molar-refractivity contribution in [3.8, 4) is 0 Å². The molecule has 0 aliphatic carbocycles. The maximum Gasteiger partial charge on any atom is 0.260 e. The van der Waals surface area contributed by atoms with Gasteiger partial charge in [-0.25, -0.2) is 13.4 Å². The van der Waals surface area contributed by atoms with Crippen LogP contribution in [0.1, 0.15) is 5.56 Å². The van der Waals surface area contributed by atoms with E-state index in [2.05, 4.69) is 15.4 Å². The summed E-state index contributed by atoms with van der Waals surface area (Å²) < 4.78 is 27.7. The van der Waals surface area contributed by atoms with E-state index < -0.39 is 10.0 Å². The Bertz CT molecular complexity index is 677. The molecule has 8 heteroatoms. The molecule has 21 heavy (non-hydrogen) atoms. The second-order valence-electron chi connectivity index (χ2n) is 4.72. The summed E-state index contributed by atoms with van der Waals surface area (Å²) >= 11 is 0. The fourth-order valence-corrected chi connectivity index (χ4v) is 3.45. The van der Waals surface area contributed by atoms with Crippen LogP contribution in [0.5, 0.6) is 0 Å². The van der Waals surface area contributed by atoms with Gasteiger partial charge in [0.25, 0.3) is 10.0 Å². The molecule has 0 amide bonds. The van der Waals surface area contributed by atoms with Gasteiger partial charge in [-0.05, 0) is 19.1 Å². The molecule has 1 N–H and O–H groups in total. The number of aryl methyl sites for hydroxylation is 2. The van der Waals surface area contributed by atoms with Gasteiger partial charge < -0.3 is 5.32 Å². The molecule has 0 spiro atoms. The molecule has 0 aliphatic heterocycles. The van der Waals surface area contributed by atoms with Crippen molar-refractivity contribution in [2.45, 2.75) is 11.9 Å². The Morgan fingerprint density at radius 3 is 2.71 bits per heavy atom. The van der Waals surface area contributed by atoms with Gasteiger partial charge >= 0.3 is 0 Å². The van der Waals surface area contributed by atoms with Crippen LogP contribution in [0.25, 0.3) is 0 Å². The van der Waals surface area contributed by atoms with Gasteiger partial charge in [-0.15, -0.1) is 0 Å². The fraction of sp³-hybridized carbons (Fsp3) is 0.385. The molecule has 0 saturated heterocycles. The van der Waals surface area contributed by atoms with E-state index in [1.807, 2.05) is 18.2 Å². The quantitative estimate of drug-likeness (QED) is 0.856. The Morgan fingerprint density at radius 1 is 1.38 bits per heavy atom. The van der Waals surface area contributed by atoms with Crippen LogP contribution in [0.4, 0.5) is 5.82 Å². The van der Waals surface area contributed by atoms with Gasteiger partial charge in [0.05, 0.1) is 6.20 Å². The lowest BCUT2D eigenvalue weighted by atomic mass is 10.4. The van der Waals surface area contributed by atoms with Crippen LogP contribution in [0.3, 0.4) is 0 Å². The van der Waals surface area contributed by atoms with Gasteiger partial charge in [0, 0.05) is 38.9 Å². The maximum absolute atomic E-state index is 12.5. The van der Waals surface area contributed by atoms with Crippen LogP contribution in [0.15, 0.2) is 35.6 Å². The molecule has 0 aromatic carbocycles. The summed E-state index contributed by atoms with van der Waals surface area (Å²) in [5, 5.41) is 7.29. The molecule has 114 valence electrons. The zero-order valence-corrected chi connectivity index (χ0v) is 13.1. The van der Waals surface area contributed by atoms with Crippen molar-refractivity contribution < 1.29 is 8.42 Å². The minimum absolute atomic E-state index is 0.225. The summed E-state index contributed by atoms with van der Waals surface area (Å²) in [7, 11) is -0.356. The normalized spacial score (nSPS) is 11.8. The minimum atomic E-state index is -3.54. The van der Waals surface area contributed by atoms with E-state index in [1.165, 1.54) is 8.99 Å². The predicted octanol–water partition coefficient (Wildman–Crippen LogP) is 0.856. The van der Waals surface area contributed by atoms with E-state index in [0.717, 1.165) is 5.82 Å². The minimum Gasteiger partial charge on any atom is -0.369 e. The maximum atomic E-state index is 12.5. The Kier molecular flexibility index (Phi) is 4.59. The van der Waals surface area contributed by atoms with Gasteiger partial charge in [0.15, 0.2) is 5.03 Å². The van der Waals surface area contributed by atoms with E-state index in [9.17, 15) is 8.42 Å². The zero-order chi connectivity index (χ0) is 15.5. The summed E-state index contributed by atoms with van der Waals surface area (Å²) in [6, 6.07) is 5.53. The zero-order valence-electron chi connectivity index (χ0n) is 12.3. The first-order valence-corrected chi connectivity index (χ1v) is 7.97. The number of anilines is 1. The molecule has 7 nitrogen and oxygen atoms in total. The number of nitrogens with one attached hydrogen (secondary N) is 1. The van der Waals surface area contributed by atoms with Crippen molar-refractivity contribution >= 4 is 15.8 Å². The van der Waals surface area contributed by atoms with Crippen LogP contribution in [0, 0.1) is 6.92 Å². The third-order valence-electron chi connectivity index (χ3n) is 3.11. The molecule has 0 bridgehead atoms. The Balaban J connectivity index is 2.01. The van der Waals surface area contributed by atoms with Gasteiger partial charge in [-0.1, -0.05) is 6.07 Å². The number of pyridine rings is 1. The van der Waals surface area contributed by atoms with Crippen molar-refractivity contribution in [1.29, 1.82) is 0 Å². The lowest BCUT2D eigenvalue weighted by molar-refractivity contribution is 0.469. The topological polar surface area (TPSA) is 80.1 Å². The Hall–Kier alpha value is -1.93. The summed E-state index contributed by atoms with van der Waals surface area (Å²) in [5.41, 5.74) is 0.641. The number of hydrogen-bond donors (Lipinski definition) is 1. The van der Waals surface area contributed by atoms with Crippen molar-refractivity contribution in [2.24, 2.45) is 7.05 Å². The lowest BCUT2D eigenvalue weighted by Gasteiger charge is -2.18. The summed E-state index contributed by atoms with van der Waals surface area (Å²) in [4.78, 5) is 4.12. The average molecular weight is 309 g/mol. The molecule has 0 atom stereocenters. The van der Waals surface area contributed by atoms with E-state index >= 15 is 0 Å². The molecule has 0 saturated carbocycles. The summed E-state index contributed by atoms with van der Waals surface area (Å²) in [5.74, 6) is 0.722. The number of hydrogen-bond acceptors (Lipinski definition) is 5. The molecule has 0 fully saturated rings. The number of nitrogens with zero attached hydrogens (tertiary/aromatic N) is 4. The first-order chi connectivity index (χ1) is 9.93. The molecule has 0 unspecified atom stereocenters. The van der Waals surface area contributed by atoms with Gasteiger partial charge in [-0.2, -0.15) is 9.40 Å². The summed E-state index contributed by atoms with van der Waals surface area (Å²) in [6.45, 7) is 2.55. The number of rotatable bonds is 6. The summed E-state index contributed by atoms with van der Waals surface area (Å²) in [6.07, 6.45) is 3.23. The smallest absolute Gasteiger partial charge is 0.260 e. The van der Waals surface area contributed by atoms with E-state index in [4.69, 9.17) is 0 Å². The average Bonchev–Trinajstić information content (AvgIpc) is 2.79. The Morgan fingerprint density at radius 2 is 2.14 bits per heavy atom. The van der Waals surface area contributed by atoms with Crippen LogP contribution in [0.2, 0.25) is 0 Å². The molecular weight excluding hydrogens is 290 g/mol. The number of likely N-dealkylation sites (N-methyl/N-ethyl adjacent to an activating group) is 1.